The maximum absolute atomic E-state index is 5.82. The molecule has 1 aromatic carbocycles. The van der Waals surface area contributed by atoms with Crippen LogP contribution in [0.1, 0.15) is 24.7 Å². The van der Waals surface area contributed by atoms with Gasteiger partial charge in [0, 0.05) is 13.6 Å². The van der Waals surface area contributed by atoms with E-state index >= 15 is 0 Å². The van der Waals surface area contributed by atoms with Gasteiger partial charge in [0.05, 0.1) is 7.11 Å². The van der Waals surface area contributed by atoms with E-state index in [1.807, 2.05) is 29.8 Å². The highest BCUT2D eigenvalue weighted by Gasteiger charge is 2.08. The molecule has 0 radical (unpaired) electrons. The number of aromatic nitrogens is 3. The van der Waals surface area contributed by atoms with E-state index in [9.17, 15) is 0 Å². The molecule has 0 aliphatic heterocycles. The van der Waals surface area contributed by atoms with E-state index in [0.29, 0.717) is 6.61 Å². The molecule has 2 aromatic rings. The average Bonchev–Trinajstić information content (AvgIpc) is 2.91. The Hall–Kier alpha value is -2.08. The van der Waals surface area contributed by atoms with Crippen LogP contribution in [-0.4, -0.2) is 28.4 Å². The smallest absolute Gasteiger partial charge is 0.170 e. The molecule has 0 aliphatic rings. The second-order valence-electron chi connectivity index (χ2n) is 4.81. The fourth-order valence-corrected chi connectivity index (χ4v) is 1.93. The molecular weight excluding hydrogens is 268 g/mol. The molecule has 21 heavy (non-hydrogen) atoms. The minimum Gasteiger partial charge on any atom is -0.493 e. The summed E-state index contributed by atoms with van der Waals surface area (Å²) in [6, 6.07) is 5.96. The highest BCUT2D eigenvalue weighted by molar-refractivity contribution is 5.43. The van der Waals surface area contributed by atoms with Gasteiger partial charge in [0.2, 0.25) is 0 Å². The Bertz CT molecular complexity index is 569. The largest absolute Gasteiger partial charge is 0.493 e. The summed E-state index contributed by atoms with van der Waals surface area (Å²) in [5, 5.41) is 11.2. The summed E-state index contributed by atoms with van der Waals surface area (Å²) in [5.74, 6) is 2.21. The molecule has 0 bridgehead atoms. The maximum Gasteiger partial charge on any atom is 0.170 e. The van der Waals surface area contributed by atoms with Crippen LogP contribution in [0.2, 0.25) is 0 Å². The Morgan fingerprint density at radius 3 is 2.81 bits per heavy atom. The quantitative estimate of drug-likeness (QED) is 0.752. The van der Waals surface area contributed by atoms with E-state index in [1.165, 1.54) is 0 Å². The Kier molecular flexibility index (Phi) is 5.57. The predicted molar refractivity (Wildman–Crippen MR) is 80.3 cm³/mol. The predicted octanol–water partition coefficient (Wildman–Crippen LogP) is 1.90. The first-order valence-electron chi connectivity index (χ1n) is 7.08. The normalized spacial score (nSPS) is 10.6. The van der Waals surface area contributed by atoms with Gasteiger partial charge in [-0.2, -0.15) is 0 Å². The molecule has 6 heteroatoms. The Labute approximate surface area is 125 Å². The third kappa shape index (κ3) is 4.19. The van der Waals surface area contributed by atoms with Crippen LogP contribution in [0.25, 0.3) is 0 Å². The molecule has 2 rings (SSSR count). The monoisotopic (exact) mass is 290 g/mol. The van der Waals surface area contributed by atoms with Gasteiger partial charge in [-0.1, -0.05) is 13.0 Å². The second-order valence-corrected chi connectivity index (χ2v) is 4.81. The van der Waals surface area contributed by atoms with Crippen LogP contribution < -0.4 is 14.8 Å². The topological polar surface area (TPSA) is 61.2 Å². The lowest BCUT2D eigenvalue weighted by molar-refractivity contribution is 0.272. The number of methoxy groups -OCH3 is 1. The average molecular weight is 290 g/mol. The molecule has 0 fully saturated rings. The van der Waals surface area contributed by atoms with Crippen molar-refractivity contribution in [1.82, 2.24) is 20.1 Å². The van der Waals surface area contributed by atoms with Crippen molar-refractivity contribution in [1.29, 1.82) is 0 Å². The summed E-state index contributed by atoms with van der Waals surface area (Å²) in [6.45, 7) is 4.33. The molecule has 0 aliphatic carbocycles. The van der Waals surface area contributed by atoms with Crippen molar-refractivity contribution in [3.05, 3.63) is 35.9 Å². The van der Waals surface area contributed by atoms with Gasteiger partial charge >= 0.3 is 0 Å². The third-order valence-corrected chi connectivity index (χ3v) is 3.15. The van der Waals surface area contributed by atoms with Crippen molar-refractivity contribution in [2.45, 2.75) is 26.5 Å². The molecule has 1 N–H and O–H groups in total. The number of hydrogen-bond donors (Lipinski definition) is 1. The molecular formula is C15H22N4O2. The first kappa shape index (κ1) is 15.3. The highest BCUT2D eigenvalue weighted by Crippen LogP contribution is 2.28. The van der Waals surface area contributed by atoms with E-state index in [2.05, 4.69) is 22.4 Å². The van der Waals surface area contributed by atoms with Gasteiger partial charge in [0.15, 0.2) is 17.3 Å². The van der Waals surface area contributed by atoms with Crippen molar-refractivity contribution < 1.29 is 9.47 Å². The molecule has 114 valence electrons. The molecule has 0 amide bonds. The number of ether oxygens (including phenoxy) is 2. The number of benzene rings is 1. The number of rotatable bonds is 8. The molecule has 0 atom stereocenters. The van der Waals surface area contributed by atoms with Gasteiger partial charge in [0.1, 0.15) is 12.9 Å². The summed E-state index contributed by atoms with van der Waals surface area (Å²) in [7, 11) is 3.53. The number of hydrogen-bond acceptors (Lipinski definition) is 5. The lowest BCUT2D eigenvalue weighted by Crippen LogP contribution is -2.13. The fraction of sp³-hybridized carbons (Fsp3) is 0.467. The number of nitrogens with one attached hydrogen (secondary N) is 1. The summed E-state index contributed by atoms with van der Waals surface area (Å²) in [4.78, 5) is 0. The van der Waals surface area contributed by atoms with E-state index in [1.54, 1.807) is 13.4 Å². The van der Waals surface area contributed by atoms with Gasteiger partial charge < -0.3 is 19.4 Å². The van der Waals surface area contributed by atoms with Crippen LogP contribution >= 0.6 is 0 Å². The SMILES string of the molecule is CCCNCc1ccc(OC)c(OCc2nncn2C)c1. The van der Waals surface area contributed by atoms with E-state index in [4.69, 9.17) is 9.47 Å². The zero-order valence-electron chi connectivity index (χ0n) is 12.8. The molecule has 1 heterocycles. The standard InChI is InChI=1S/C15H22N4O2/c1-4-7-16-9-12-5-6-13(20-3)14(8-12)21-10-15-18-17-11-19(15)2/h5-6,8,11,16H,4,7,9-10H2,1-3H3. The van der Waals surface area contributed by atoms with Crippen molar-refractivity contribution in [2.75, 3.05) is 13.7 Å². The molecule has 0 saturated carbocycles. The van der Waals surface area contributed by atoms with E-state index in [0.717, 1.165) is 42.4 Å². The van der Waals surface area contributed by atoms with Crippen LogP contribution in [0, 0.1) is 0 Å². The highest BCUT2D eigenvalue weighted by atomic mass is 16.5. The first-order chi connectivity index (χ1) is 10.2. The van der Waals surface area contributed by atoms with Crippen molar-refractivity contribution >= 4 is 0 Å². The third-order valence-electron chi connectivity index (χ3n) is 3.15. The summed E-state index contributed by atoms with van der Waals surface area (Å²) in [6.07, 6.45) is 2.77. The van der Waals surface area contributed by atoms with E-state index in [-0.39, 0.29) is 0 Å². The maximum atomic E-state index is 5.82. The number of aryl methyl sites for hydroxylation is 1. The Morgan fingerprint density at radius 1 is 1.29 bits per heavy atom. The first-order valence-corrected chi connectivity index (χ1v) is 7.08. The van der Waals surface area contributed by atoms with Gasteiger partial charge in [0.25, 0.3) is 0 Å². The summed E-state index contributed by atoms with van der Waals surface area (Å²) >= 11 is 0. The van der Waals surface area contributed by atoms with Gasteiger partial charge in [-0.05, 0) is 30.7 Å². The van der Waals surface area contributed by atoms with Gasteiger partial charge in [-0.25, -0.2) is 0 Å². The Balaban J connectivity index is 2.05. The van der Waals surface area contributed by atoms with Crippen molar-refractivity contribution in [3.8, 4) is 11.5 Å². The fourth-order valence-electron chi connectivity index (χ4n) is 1.93. The van der Waals surface area contributed by atoms with E-state index < -0.39 is 0 Å². The zero-order chi connectivity index (χ0) is 15.1. The second kappa shape index (κ2) is 7.64. The summed E-state index contributed by atoms with van der Waals surface area (Å²) < 4.78 is 13.0. The van der Waals surface area contributed by atoms with Crippen LogP contribution in [0.5, 0.6) is 11.5 Å². The minimum absolute atomic E-state index is 0.360. The van der Waals surface area contributed by atoms with Crippen molar-refractivity contribution in [2.24, 2.45) is 7.05 Å². The molecule has 0 saturated heterocycles. The summed E-state index contributed by atoms with van der Waals surface area (Å²) in [5.41, 5.74) is 1.16. The molecule has 0 unspecified atom stereocenters. The number of nitrogens with zero attached hydrogens (tertiary/aromatic N) is 3. The minimum atomic E-state index is 0.360. The lowest BCUT2D eigenvalue weighted by atomic mass is 10.2. The lowest BCUT2D eigenvalue weighted by Gasteiger charge is -2.12. The van der Waals surface area contributed by atoms with Crippen LogP contribution in [-0.2, 0) is 20.2 Å². The molecule has 0 spiro atoms. The zero-order valence-corrected chi connectivity index (χ0v) is 12.8. The molecule has 1 aromatic heterocycles. The van der Waals surface area contributed by atoms with Gasteiger partial charge in [-0.15, -0.1) is 10.2 Å². The van der Waals surface area contributed by atoms with Gasteiger partial charge in [-0.3, -0.25) is 0 Å². The van der Waals surface area contributed by atoms with Crippen LogP contribution in [0.4, 0.5) is 0 Å². The van der Waals surface area contributed by atoms with Crippen molar-refractivity contribution in [3.63, 3.8) is 0 Å². The Morgan fingerprint density at radius 2 is 2.14 bits per heavy atom. The van der Waals surface area contributed by atoms with Crippen LogP contribution in [0.15, 0.2) is 24.5 Å². The molecule has 6 nitrogen and oxygen atoms in total. The van der Waals surface area contributed by atoms with Crippen LogP contribution in [0.3, 0.4) is 0 Å².